The van der Waals surface area contributed by atoms with E-state index in [4.69, 9.17) is 10.8 Å². The molecule has 3 N–H and O–H groups in total. The lowest BCUT2D eigenvalue weighted by Gasteiger charge is -2.24. The number of rotatable bonds is 2. The van der Waals surface area contributed by atoms with Crippen molar-refractivity contribution >= 4 is 22.0 Å². The van der Waals surface area contributed by atoms with E-state index in [9.17, 15) is 9.18 Å². The largest absolute Gasteiger partial charge is 0.465 e. The van der Waals surface area contributed by atoms with Crippen molar-refractivity contribution in [2.45, 2.75) is 24.9 Å². The fraction of sp³-hybridized carbons (Fsp3) is 0.417. The van der Waals surface area contributed by atoms with Gasteiger partial charge in [0.2, 0.25) is 0 Å². The molecule has 18 heavy (non-hydrogen) atoms. The molecule has 1 saturated heterocycles. The second-order valence-corrected chi connectivity index (χ2v) is 5.30. The molecule has 1 aromatic carbocycles. The van der Waals surface area contributed by atoms with E-state index < -0.39 is 6.09 Å². The van der Waals surface area contributed by atoms with E-state index in [1.807, 2.05) is 0 Å². The zero-order valence-corrected chi connectivity index (χ0v) is 11.2. The molecule has 1 aliphatic heterocycles. The highest BCUT2D eigenvalue weighted by Crippen LogP contribution is 2.23. The molecule has 0 radical (unpaired) electrons. The molecule has 0 spiro atoms. The molecule has 0 unspecified atom stereocenters. The number of carboxylic acid groups (broad SMARTS) is 1. The Balaban J connectivity index is 2.16. The summed E-state index contributed by atoms with van der Waals surface area (Å²) < 4.78 is 13.5. The lowest BCUT2D eigenvalue weighted by Crippen LogP contribution is -2.43. The van der Waals surface area contributed by atoms with Crippen LogP contribution in [0.15, 0.2) is 22.7 Å². The number of amides is 1. The fourth-order valence-electron chi connectivity index (χ4n) is 2.28. The van der Waals surface area contributed by atoms with Crippen LogP contribution < -0.4 is 5.73 Å². The average molecular weight is 317 g/mol. The minimum Gasteiger partial charge on any atom is -0.465 e. The van der Waals surface area contributed by atoms with Crippen LogP contribution in [0, 0.1) is 5.82 Å². The van der Waals surface area contributed by atoms with Crippen molar-refractivity contribution in [2.24, 2.45) is 5.73 Å². The van der Waals surface area contributed by atoms with Gasteiger partial charge in [0.25, 0.3) is 0 Å². The number of nitrogens with zero attached hydrogens (tertiary/aromatic N) is 1. The maximum Gasteiger partial charge on any atom is 0.407 e. The van der Waals surface area contributed by atoms with Crippen LogP contribution in [0.25, 0.3) is 0 Å². The quantitative estimate of drug-likeness (QED) is 0.879. The molecule has 4 nitrogen and oxygen atoms in total. The van der Waals surface area contributed by atoms with Gasteiger partial charge in [-0.2, -0.15) is 0 Å². The maximum absolute atomic E-state index is 13.1. The van der Waals surface area contributed by atoms with Crippen molar-refractivity contribution in [3.63, 3.8) is 0 Å². The molecule has 0 aromatic heterocycles. The molecular formula is C12H14BrFN2O2. The first-order valence-corrected chi connectivity index (χ1v) is 6.47. The zero-order valence-electron chi connectivity index (χ0n) is 9.64. The predicted octanol–water partition coefficient (Wildman–Crippen LogP) is 2.21. The maximum atomic E-state index is 13.1. The second-order valence-electron chi connectivity index (χ2n) is 4.45. The second kappa shape index (κ2) is 5.24. The zero-order chi connectivity index (χ0) is 13.3. The number of hydrogen-bond donors (Lipinski definition) is 2. The molecule has 2 rings (SSSR count). The third-order valence-corrected chi connectivity index (χ3v) is 3.88. The van der Waals surface area contributed by atoms with E-state index in [-0.39, 0.29) is 17.9 Å². The third-order valence-electron chi connectivity index (χ3n) is 3.27. The Morgan fingerprint density at radius 2 is 2.33 bits per heavy atom. The minimum atomic E-state index is -0.950. The summed E-state index contributed by atoms with van der Waals surface area (Å²) in [5, 5.41) is 9.08. The van der Waals surface area contributed by atoms with Gasteiger partial charge in [-0.25, -0.2) is 9.18 Å². The van der Waals surface area contributed by atoms with E-state index in [0.29, 0.717) is 23.9 Å². The van der Waals surface area contributed by atoms with Crippen LogP contribution in [0.3, 0.4) is 0 Å². The predicted molar refractivity (Wildman–Crippen MR) is 68.9 cm³/mol. The summed E-state index contributed by atoms with van der Waals surface area (Å²) in [6, 6.07) is 4.29. The summed E-state index contributed by atoms with van der Waals surface area (Å²) in [7, 11) is 0. The molecule has 98 valence electrons. The number of halogens is 2. The SMILES string of the molecule is N[C@H]1CCN(C(=O)O)[C@H]1Cc1ccc(F)c(Br)c1. The summed E-state index contributed by atoms with van der Waals surface area (Å²) in [6.45, 7) is 0.462. The first-order chi connectivity index (χ1) is 8.49. The summed E-state index contributed by atoms with van der Waals surface area (Å²) in [5.74, 6) is -0.329. The minimum absolute atomic E-state index is 0.162. The Hall–Kier alpha value is -1.14. The standard InChI is InChI=1S/C12H14BrFN2O2/c13-8-5-7(1-2-9(8)14)6-11-10(15)3-4-16(11)12(17)18/h1-2,5,10-11H,3-4,6,15H2,(H,17,18)/t10-,11-/m0/s1. The van der Waals surface area contributed by atoms with Crippen molar-refractivity contribution in [1.29, 1.82) is 0 Å². The third kappa shape index (κ3) is 2.64. The summed E-state index contributed by atoms with van der Waals surface area (Å²) in [5.41, 5.74) is 6.80. The van der Waals surface area contributed by atoms with Crippen molar-refractivity contribution in [3.05, 3.63) is 34.1 Å². The number of hydrogen-bond acceptors (Lipinski definition) is 2. The van der Waals surface area contributed by atoms with Crippen LogP contribution in [0.1, 0.15) is 12.0 Å². The van der Waals surface area contributed by atoms with Gasteiger partial charge in [-0.1, -0.05) is 6.07 Å². The van der Waals surface area contributed by atoms with Crippen molar-refractivity contribution in [1.82, 2.24) is 4.90 Å². The van der Waals surface area contributed by atoms with Gasteiger partial charge in [0.15, 0.2) is 0 Å². The Labute approximate surface area is 113 Å². The van der Waals surface area contributed by atoms with Gasteiger partial charge in [0.1, 0.15) is 5.82 Å². The normalized spacial score (nSPS) is 23.4. The molecule has 1 amide bonds. The average Bonchev–Trinajstić information content (AvgIpc) is 2.66. The van der Waals surface area contributed by atoms with Crippen LogP contribution in [0.2, 0.25) is 0 Å². The van der Waals surface area contributed by atoms with Crippen LogP contribution in [-0.2, 0) is 6.42 Å². The molecule has 0 aliphatic carbocycles. The van der Waals surface area contributed by atoms with Crippen molar-refractivity contribution < 1.29 is 14.3 Å². The molecule has 0 saturated carbocycles. The molecule has 0 bridgehead atoms. The van der Waals surface area contributed by atoms with Crippen molar-refractivity contribution in [2.75, 3.05) is 6.54 Å². The summed E-state index contributed by atoms with van der Waals surface area (Å²) in [6.07, 6.45) is 0.222. The molecular weight excluding hydrogens is 303 g/mol. The summed E-state index contributed by atoms with van der Waals surface area (Å²) in [4.78, 5) is 12.4. The molecule has 1 aliphatic rings. The van der Waals surface area contributed by atoms with Gasteiger partial charge < -0.3 is 15.7 Å². The first kappa shape index (κ1) is 13.3. The van der Waals surface area contributed by atoms with Crippen LogP contribution in [-0.4, -0.2) is 34.7 Å². The molecule has 1 aromatic rings. The van der Waals surface area contributed by atoms with E-state index in [1.54, 1.807) is 12.1 Å². The van der Waals surface area contributed by atoms with Crippen LogP contribution in [0.5, 0.6) is 0 Å². The highest BCUT2D eigenvalue weighted by molar-refractivity contribution is 9.10. The molecule has 1 heterocycles. The van der Waals surface area contributed by atoms with Gasteiger partial charge >= 0.3 is 6.09 Å². The van der Waals surface area contributed by atoms with E-state index in [0.717, 1.165) is 5.56 Å². The highest BCUT2D eigenvalue weighted by atomic mass is 79.9. The molecule has 1 fully saturated rings. The van der Waals surface area contributed by atoms with Crippen LogP contribution in [0.4, 0.5) is 9.18 Å². The Kier molecular flexibility index (Phi) is 3.87. The summed E-state index contributed by atoms with van der Waals surface area (Å²) >= 11 is 3.12. The number of carbonyl (C=O) groups is 1. The van der Waals surface area contributed by atoms with Gasteiger partial charge in [-0.05, 0) is 46.5 Å². The topological polar surface area (TPSA) is 66.6 Å². The number of likely N-dealkylation sites (tertiary alicyclic amines) is 1. The van der Waals surface area contributed by atoms with E-state index in [2.05, 4.69) is 15.9 Å². The Morgan fingerprint density at radius 1 is 1.61 bits per heavy atom. The van der Waals surface area contributed by atoms with Gasteiger partial charge in [-0.15, -0.1) is 0 Å². The van der Waals surface area contributed by atoms with E-state index >= 15 is 0 Å². The lowest BCUT2D eigenvalue weighted by atomic mass is 10.0. The highest BCUT2D eigenvalue weighted by Gasteiger charge is 2.34. The van der Waals surface area contributed by atoms with E-state index in [1.165, 1.54) is 11.0 Å². The fourth-order valence-corrected chi connectivity index (χ4v) is 2.71. The van der Waals surface area contributed by atoms with Crippen LogP contribution >= 0.6 is 15.9 Å². The molecule has 2 atom stereocenters. The monoisotopic (exact) mass is 316 g/mol. The van der Waals surface area contributed by atoms with Gasteiger partial charge in [-0.3, -0.25) is 0 Å². The van der Waals surface area contributed by atoms with Crippen molar-refractivity contribution in [3.8, 4) is 0 Å². The Morgan fingerprint density at radius 3 is 2.94 bits per heavy atom. The van der Waals surface area contributed by atoms with Gasteiger partial charge in [0, 0.05) is 12.6 Å². The lowest BCUT2D eigenvalue weighted by molar-refractivity contribution is 0.138. The first-order valence-electron chi connectivity index (χ1n) is 5.68. The molecule has 6 heteroatoms. The number of nitrogens with two attached hydrogens (primary N) is 1. The smallest absolute Gasteiger partial charge is 0.407 e. The van der Waals surface area contributed by atoms with Gasteiger partial charge in [0.05, 0.1) is 10.5 Å². The number of benzene rings is 1. The Bertz CT molecular complexity index is 469.